The van der Waals surface area contributed by atoms with Crippen LogP contribution in [0, 0.1) is 12.7 Å². The quantitative estimate of drug-likeness (QED) is 0.665. The van der Waals surface area contributed by atoms with Gasteiger partial charge in [0.05, 0.1) is 29.7 Å². The molecule has 26 heavy (non-hydrogen) atoms. The highest BCUT2D eigenvalue weighted by atomic mass is 19.1. The molecule has 0 aliphatic heterocycles. The van der Waals surface area contributed by atoms with Gasteiger partial charge in [-0.3, -0.25) is 9.78 Å². The number of pyridine rings is 2. The van der Waals surface area contributed by atoms with Crippen molar-refractivity contribution in [1.29, 1.82) is 0 Å². The molecular weight excluding hydrogens is 335 g/mol. The second kappa shape index (κ2) is 7.88. The van der Waals surface area contributed by atoms with E-state index in [-0.39, 0.29) is 17.4 Å². The average Bonchev–Trinajstić information content (AvgIpc) is 2.64. The van der Waals surface area contributed by atoms with E-state index in [0.29, 0.717) is 30.0 Å². The number of hydrogen-bond donors (Lipinski definition) is 2. The average molecular weight is 354 g/mol. The van der Waals surface area contributed by atoms with Gasteiger partial charge in [-0.2, -0.15) is 0 Å². The summed E-state index contributed by atoms with van der Waals surface area (Å²) in [4.78, 5) is 21.0. The summed E-state index contributed by atoms with van der Waals surface area (Å²) in [6.45, 7) is 2.63. The number of aromatic nitrogens is 2. The van der Waals surface area contributed by atoms with Gasteiger partial charge < -0.3 is 15.4 Å². The molecule has 0 saturated heterocycles. The van der Waals surface area contributed by atoms with Crippen LogP contribution in [0.1, 0.15) is 16.2 Å². The highest BCUT2D eigenvalue weighted by molar-refractivity contribution is 6.00. The maximum atomic E-state index is 14.0. The molecule has 0 aliphatic rings. The van der Waals surface area contributed by atoms with E-state index in [4.69, 9.17) is 4.74 Å². The molecule has 7 heteroatoms. The molecular formula is C19H19FN4O2. The van der Waals surface area contributed by atoms with E-state index in [1.165, 1.54) is 6.07 Å². The van der Waals surface area contributed by atoms with Crippen molar-refractivity contribution >= 4 is 28.2 Å². The molecule has 0 fully saturated rings. The van der Waals surface area contributed by atoms with Crippen LogP contribution in [0.3, 0.4) is 0 Å². The van der Waals surface area contributed by atoms with Crippen molar-refractivity contribution in [2.24, 2.45) is 0 Å². The molecule has 0 spiro atoms. The molecule has 0 atom stereocenters. The van der Waals surface area contributed by atoms with Crippen molar-refractivity contribution < 1.29 is 13.9 Å². The van der Waals surface area contributed by atoms with Crippen LogP contribution in [0.4, 0.5) is 15.8 Å². The zero-order chi connectivity index (χ0) is 18.5. The van der Waals surface area contributed by atoms with E-state index in [9.17, 15) is 9.18 Å². The third-order valence-electron chi connectivity index (χ3n) is 3.80. The van der Waals surface area contributed by atoms with Gasteiger partial charge in [-0.15, -0.1) is 0 Å². The second-order valence-corrected chi connectivity index (χ2v) is 5.75. The van der Waals surface area contributed by atoms with Crippen LogP contribution in [0.2, 0.25) is 0 Å². The Morgan fingerprint density at radius 1 is 1.23 bits per heavy atom. The molecule has 6 nitrogen and oxygen atoms in total. The van der Waals surface area contributed by atoms with Crippen LogP contribution in [-0.2, 0) is 4.74 Å². The normalized spacial score (nSPS) is 10.7. The number of methoxy groups -OCH3 is 1. The van der Waals surface area contributed by atoms with Gasteiger partial charge in [0.25, 0.3) is 5.91 Å². The van der Waals surface area contributed by atoms with E-state index in [1.807, 2.05) is 13.0 Å². The first-order chi connectivity index (χ1) is 12.6. The lowest BCUT2D eigenvalue weighted by Gasteiger charge is -2.13. The van der Waals surface area contributed by atoms with Crippen LogP contribution >= 0.6 is 0 Å². The SMILES string of the molecule is COCCNC(=O)c1cc(Nc2ccccc2F)c2cc(C)ncc2n1. The first-order valence-corrected chi connectivity index (χ1v) is 8.14. The van der Waals surface area contributed by atoms with Crippen molar-refractivity contribution in [3.05, 3.63) is 59.8 Å². The molecule has 0 radical (unpaired) electrons. The fourth-order valence-electron chi connectivity index (χ4n) is 2.52. The first kappa shape index (κ1) is 17.8. The third kappa shape index (κ3) is 3.94. The van der Waals surface area contributed by atoms with Crippen molar-refractivity contribution in [3.63, 3.8) is 0 Å². The first-order valence-electron chi connectivity index (χ1n) is 8.14. The van der Waals surface area contributed by atoms with E-state index < -0.39 is 0 Å². The van der Waals surface area contributed by atoms with Gasteiger partial charge in [0, 0.05) is 24.7 Å². The number of anilines is 2. The summed E-state index contributed by atoms with van der Waals surface area (Å²) in [5.74, 6) is -0.713. The number of ether oxygens (including phenoxy) is 1. The standard InChI is InChI=1S/C19H19FN4O2/c1-12-9-13-16(23-15-6-4-3-5-14(15)20)10-17(24-18(13)11-22-12)19(25)21-7-8-26-2/h3-6,9-11H,7-8H2,1-2H3,(H,21,25)(H,23,24). The fourth-order valence-corrected chi connectivity index (χ4v) is 2.52. The Balaban J connectivity index is 2.02. The number of carbonyl (C=O) groups is 1. The Bertz CT molecular complexity index is 946. The Kier molecular flexibility index (Phi) is 5.38. The summed E-state index contributed by atoms with van der Waals surface area (Å²) < 4.78 is 19.0. The number of benzene rings is 1. The molecule has 0 aliphatic carbocycles. The molecule has 0 saturated carbocycles. The molecule has 2 heterocycles. The lowest BCUT2D eigenvalue weighted by molar-refractivity contribution is 0.0932. The predicted molar refractivity (Wildman–Crippen MR) is 98.2 cm³/mol. The van der Waals surface area contributed by atoms with E-state index in [2.05, 4.69) is 20.6 Å². The largest absolute Gasteiger partial charge is 0.383 e. The monoisotopic (exact) mass is 354 g/mol. The van der Waals surface area contributed by atoms with Gasteiger partial charge in [0.2, 0.25) is 0 Å². The van der Waals surface area contributed by atoms with Crippen LogP contribution < -0.4 is 10.6 Å². The minimum atomic E-state index is -0.380. The highest BCUT2D eigenvalue weighted by Crippen LogP contribution is 2.28. The number of halogens is 1. The lowest BCUT2D eigenvalue weighted by atomic mass is 10.1. The Hall–Kier alpha value is -3.06. The molecule has 134 valence electrons. The van der Waals surface area contributed by atoms with E-state index >= 15 is 0 Å². The number of nitrogens with one attached hydrogen (secondary N) is 2. The number of nitrogens with zero attached hydrogens (tertiary/aromatic N) is 2. The lowest BCUT2D eigenvalue weighted by Crippen LogP contribution is -2.27. The minimum Gasteiger partial charge on any atom is -0.383 e. The van der Waals surface area contributed by atoms with Crippen molar-refractivity contribution in [2.75, 3.05) is 25.6 Å². The fraction of sp³-hybridized carbons (Fsp3) is 0.211. The maximum Gasteiger partial charge on any atom is 0.270 e. The number of carbonyl (C=O) groups excluding carboxylic acids is 1. The van der Waals surface area contributed by atoms with Gasteiger partial charge in [-0.1, -0.05) is 12.1 Å². The Morgan fingerprint density at radius 3 is 2.81 bits per heavy atom. The number of para-hydroxylation sites is 1. The molecule has 2 N–H and O–H groups in total. The Morgan fingerprint density at radius 2 is 2.04 bits per heavy atom. The topological polar surface area (TPSA) is 76.1 Å². The number of rotatable bonds is 6. The van der Waals surface area contributed by atoms with Gasteiger partial charge in [0.1, 0.15) is 11.5 Å². The van der Waals surface area contributed by atoms with Crippen LogP contribution in [0.5, 0.6) is 0 Å². The molecule has 1 aromatic carbocycles. The van der Waals surface area contributed by atoms with E-state index in [0.717, 1.165) is 11.1 Å². The van der Waals surface area contributed by atoms with Gasteiger partial charge >= 0.3 is 0 Å². The van der Waals surface area contributed by atoms with Crippen LogP contribution in [0.15, 0.2) is 42.6 Å². The summed E-state index contributed by atoms with van der Waals surface area (Å²) in [6, 6.07) is 9.81. The van der Waals surface area contributed by atoms with Crippen molar-refractivity contribution in [1.82, 2.24) is 15.3 Å². The van der Waals surface area contributed by atoms with Gasteiger partial charge in [0.15, 0.2) is 0 Å². The van der Waals surface area contributed by atoms with Crippen molar-refractivity contribution in [3.8, 4) is 0 Å². The molecule has 3 aromatic rings. The summed E-state index contributed by atoms with van der Waals surface area (Å²) in [5, 5.41) is 6.55. The molecule has 2 aromatic heterocycles. The maximum absolute atomic E-state index is 14.0. The molecule has 1 amide bonds. The minimum absolute atomic E-state index is 0.220. The molecule has 0 unspecified atom stereocenters. The summed E-state index contributed by atoms with van der Waals surface area (Å²) in [7, 11) is 1.56. The van der Waals surface area contributed by atoms with Gasteiger partial charge in [-0.05, 0) is 31.2 Å². The smallest absolute Gasteiger partial charge is 0.270 e. The summed E-state index contributed by atoms with van der Waals surface area (Å²) >= 11 is 0. The number of amides is 1. The number of fused-ring (bicyclic) bond motifs is 1. The van der Waals surface area contributed by atoms with Gasteiger partial charge in [-0.25, -0.2) is 9.37 Å². The highest BCUT2D eigenvalue weighted by Gasteiger charge is 2.13. The summed E-state index contributed by atoms with van der Waals surface area (Å²) in [6.07, 6.45) is 1.60. The summed E-state index contributed by atoms with van der Waals surface area (Å²) in [5.41, 5.74) is 2.47. The number of hydrogen-bond acceptors (Lipinski definition) is 5. The molecule has 0 bridgehead atoms. The second-order valence-electron chi connectivity index (χ2n) is 5.75. The van der Waals surface area contributed by atoms with Crippen LogP contribution in [0.25, 0.3) is 10.9 Å². The zero-order valence-corrected chi connectivity index (χ0v) is 14.5. The molecule has 3 rings (SSSR count). The van der Waals surface area contributed by atoms with Crippen molar-refractivity contribution in [2.45, 2.75) is 6.92 Å². The third-order valence-corrected chi connectivity index (χ3v) is 3.80. The Labute approximate surface area is 150 Å². The number of aryl methyl sites for hydroxylation is 1. The zero-order valence-electron chi connectivity index (χ0n) is 14.5. The predicted octanol–water partition coefficient (Wildman–Crippen LogP) is 3.20. The van der Waals surface area contributed by atoms with Crippen LogP contribution in [-0.4, -0.2) is 36.1 Å². The van der Waals surface area contributed by atoms with E-state index in [1.54, 1.807) is 37.6 Å².